The van der Waals surface area contributed by atoms with Crippen molar-refractivity contribution in [3.05, 3.63) is 17.8 Å². The molecule has 0 unspecified atom stereocenters. The minimum Gasteiger partial charge on any atom is -0.504 e. The fourth-order valence-electron chi connectivity index (χ4n) is 1.79. The first kappa shape index (κ1) is 11.7. The predicted octanol–water partition coefficient (Wildman–Crippen LogP) is 0.811. The van der Waals surface area contributed by atoms with Gasteiger partial charge in [0.15, 0.2) is 23.1 Å². The molecule has 1 aliphatic rings. The number of hydrogen-bond donors (Lipinski definition) is 2. The van der Waals surface area contributed by atoms with Crippen LogP contribution in [-0.4, -0.2) is 28.5 Å². The van der Waals surface area contributed by atoms with Crippen LogP contribution in [0.4, 0.5) is 4.39 Å². The van der Waals surface area contributed by atoms with E-state index in [1.165, 1.54) is 0 Å². The number of aromatic nitrogens is 2. The van der Waals surface area contributed by atoms with E-state index in [4.69, 9.17) is 19.7 Å². The first-order valence-corrected chi connectivity index (χ1v) is 5.54. The van der Waals surface area contributed by atoms with Crippen molar-refractivity contribution in [2.24, 2.45) is 5.73 Å². The second-order valence-corrected chi connectivity index (χ2v) is 3.82. The highest BCUT2D eigenvalue weighted by atomic mass is 19.1. The Hall–Kier alpha value is -2.35. The van der Waals surface area contributed by atoms with E-state index in [1.54, 1.807) is 0 Å². The molecule has 0 spiro atoms. The fraction of sp³-hybridized carbons (Fsp3) is 0.273. The molecule has 0 fully saturated rings. The number of nitrogens with two attached hydrogens (primary N) is 1. The summed E-state index contributed by atoms with van der Waals surface area (Å²) in [6.07, 6.45) is 0. The molecule has 0 atom stereocenters. The van der Waals surface area contributed by atoms with Gasteiger partial charge in [0.25, 0.3) is 0 Å². The highest BCUT2D eigenvalue weighted by Gasteiger charge is 2.27. The van der Waals surface area contributed by atoms with Gasteiger partial charge < -0.3 is 24.8 Å². The van der Waals surface area contributed by atoms with E-state index in [2.05, 4.69) is 10.1 Å². The van der Waals surface area contributed by atoms with Crippen molar-refractivity contribution in [1.82, 2.24) is 10.1 Å². The molecule has 7 nitrogen and oxygen atoms in total. The van der Waals surface area contributed by atoms with Gasteiger partial charge in [0.05, 0.1) is 6.54 Å². The number of phenols is 1. The molecule has 0 saturated heterocycles. The summed E-state index contributed by atoms with van der Waals surface area (Å²) in [5.41, 5.74) is 5.36. The fourth-order valence-corrected chi connectivity index (χ4v) is 1.79. The van der Waals surface area contributed by atoms with Gasteiger partial charge >= 0.3 is 0 Å². The van der Waals surface area contributed by atoms with Crippen molar-refractivity contribution < 1.29 is 23.5 Å². The van der Waals surface area contributed by atoms with Crippen LogP contribution in [0.2, 0.25) is 0 Å². The largest absolute Gasteiger partial charge is 0.504 e. The van der Waals surface area contributed by atoms with Crippen LogP contribution >= 0.6 is 0 Å². The Morgan fingerprint density at radius 3 is 2.89 bits per heavy atom. The first-order chi connectivity index (χ1) is 9.20. The zero-order valence-electron chi connectivity index (χ0n) is 9.72. The van der Waals surface area contributed by atoms with E-state index in [0.29, 0.717) is 6.61 Å². The summed E-state index contributed by atoms with van der Waals surface area (Å²) in [7, 11) is 0. The quantitative estimate of drug-likeness (QED) is 0.829. The number of halogens is 1. The molecule has 1 aromatic heterocycles. The molecule has 3 N–H and O–H groups in total. The van der Waals surface area contributed by atoms with Crippen LogP contribution in [0.3, 0.4) is 0 Å². The Bertz CT molecular complexity index is 629. The summed E-state index contributed by atoms with van der Waals surface area (Å²) in [6, 6.07) is 1.05. The lowest BCUT2D eigenvalue weighted by Gasteiger charge is -2.20. The number of phenolic OH excluding ortho intramolecular Hbond substituents is 1. The Balaban J connectivity index is 2.20. The molecule has 2 heterocycles. The maximum absolute atomic E-state index is 13.6. The normalized spacial score (nSPS) is 13.6. The van der Waals surface area contributed by atoms with Gasteiger partial charge in [-0.15, -0.1) is 0 Å². The van der Waals surface area contributed by atoms with Crippen molar-refractivity contribution in [3.8, 4) is 28.6 Å². The van der Waals surface area contributed by atoms with Crippen LogP contribution in [0.15, 0.2) is 10.6 Å². The molecule has 8 heteroatoms. The Kier molecular flexibility index (Phi) is 2.71. The molecule has 3 rings (SSSR count). The summed E-state index contributed by atoms with van der Waals surface area (Å²) >= 11 is 0. The van der Waals surface area contributed by atoms with Gasteiger partial charge in [-0.1, -0.05) is 5.16 Å². The van der Waals surface area contributed by atoms with Crippen LogP contribution in [0.1, 0.15) is 5.89 Å². The molecule has 1 aliphatic heterocycles. The topological polar surface area (TPSA) is 104 Å². The van der Waals surface area contributed by atoms with E-state index < -0.39 is 11.6 Å². The van der Waals surface area contributed by atoms with Crippen molar-refractivity contribution in [2.45, 2.75) is 6.54 Å². The van der Waals surface area contributed by atoms with Gasteiger partial charge in [0, 0.05) is 6.07 Å². The number of fused-ring (bicyclic) bond motifs is 1. The van der Waals surface area contributed by atoms with Crippen molar-refractivity contribution in [3.63, 3.8) is 0 Å². The lowest BCUT2D eigenvalue weighted by molar-refractivity contribution is 0.170. The van der Waals surface area contributed by atoms with E-state index in [0.717, 1.165) is 6.07 Å². The predicted molar refractivity (Wildman–Crippen MR) is 60.2 cm³/mol. The summed E-state index contributed by atoms with van der Waals surface area (Å²) in [4.78, 5) is 3.94. The Labute approximate surface area is 106 Å². The third kappa shape index (κ3) is 1.85. The second kappa shape index (κ2) is 4.39. The van der Waals surface area contributed by atoms with Gasteiger partial charge in [-0.3, -0.25) is 0 Å². The molecule has 0 bridgehead atoms. The lowest BCUT2D eigenvalue weighted by atomic mass is 10.1. The maximum Gasteiger partial charge on any atom is 0.240 e. The van der Waals surface area contributed by atoms with Crippen molar-refractivity contribution in [1.29, 1.82) is 0 Å². The van der Waals surface area contributed by atoms with E-state index in [9.17, 15) is 9.50 Å². The van der Waals surface area contributed by atoms with Gasteiger partial charge in [-0.05, 0) is 0 Å². The van der Waals surface area contributed by atoms with Gasteiger partial charge in [-0.2, -0.15) is 4.98 Å². The maximum atomic E-state index is 13.6. The van der Waals surface area contributed by atoms with E-state index in [-0.39, 0.29) is 41.9 Å². The third-order valence-corrected chi connectivity index (χ3v) is 2.63. The first-order valence-electron chi connectivity index (χ1n) is 5.54. The van der Waals surface area contributed by atoms with Crippen LogP contribution < -0.4 is 15.2 Å². The standard InChI is InChI=1S/C11H10FN3O4/c12-5-3-6-10(18-2-1-17-6)8(9(5)16)11-14-7(4-13)19-15-11/h3,16H,1-2,4,13H2. The molecule has 0 radical (unpaired) electrons. The molecular weight excluding hydrogens is 257 g/mol. The van der Waals surface area contributed by atoms with Crippen LogP contribution in [-0.2, 0) is 6.54 Å². The Morgan fingerprint density at radius 2 is 2.16 bits per heavy atom. The minimum atomic E-state index is -0.849. The smallest absolute Gasteiger partial charge is 0.240 e. The molecule has 2 aromatic rings. The van der Waals surface area contributed by atoms with Gasteiger partial charge in [0.1, 0.15) is 18.8 Å². The average molecular weight is 267 g/mol. The molecule has 0 saturated carbocycles. The molecule has 0 aliphatic carbocycles. The summed E-state index contributed by atoms with van der Waals surface area (Å²) in [5.74, 6) is -0.916. The number of benzene rings is 1. The second-order valence-electron chi connectivity index (χ2n) is 3.82. The van der Waals surface area contributed by atoms with Crippen LogP contribution in [0.5, 0.6) is 17.2 Å². The minimum absolute atomic E-state index is 0.000741. The monoisotopic (exact) mass is 267 g/mol. The average Bonchev–Trinajstić information content (AvgIpc) is 2.89. The van der Waals surface area contributed by atoms with Crippen molar-refractivity contribution >= 4 is 0 Å². The summed E-state index contributed by atoms with van der Waals surface area (Å²) in [6.45, 7) is 0.631. The molecule has 100 valence electrons. The highest BCUT2D eigenvalue weighted by Crippen LogP contribution is 2.45. The van der Waals surface area contributed by atoms with Gasteiger partial charge in [0.2, 0.25) is 11.7 Å². The van der Waals surface area contributed by atoms with E-state index >= 15 is 0 Å². The van der Waals surface area contributed by atoms with Crippen molar-refractivity contribution in [2.75, 3.05) is 13.2 Å². The lowest BCUT2D eigenvalue weighted by Crippen LogP contribution is -2.16. The molecule has 19 heavy (non-hydrogen) atoms. The Morgan fingerprint density at radius 1 is 1.37 bits per heavy atom. The molecule has 1 aromatic carbocycles. The molecular formula is C11H10FN3O4. The number of aromatic hydroxyl groups is 1. The number of hydrogen-bond acceptors (Lipinski definition) is 7. The van der Waals surface area contributed by atoms with Crippen LogP contribution in [0.25, 0.3) is 11.4 Å². The summed E-state index contributed by atoms with van der Waals surface area (Å²) in [5, 5.41) is 13.5. The highest BCUT2D eigenvalue weighted by molar-refractivity contribution is 5.75. The zero-order valence-corrected chi connectivity index (χ0v) is 9.72. The number of ether oxygens (including phenoxy) is 2. The third-order valence-electron chi connectivity index (χ3n) is 2.63. The number of rotatable bonds is 2. The van der Waals surface area contributed by atoms with E-state index in [1.807, 2.05) is 0 Å². The van der Waals surface area contributed by atoms with Gasteiger partial charge in [-0.25, -0.2) is 4.39 Å². The molecule has 0 amide bonds. The van der Waals surface area contributed by atoms with Crippen LogP contribution in [0, 0.1) is 5.82 Å². The zero-order chi connectivity index (χ0) is 13.4. The SMILES string of the molecule is NCc1nc(-c2c(O)c(F)cc3c2OCCO3)no1. The summed E-state index contributed by atoms with van der Waals surface area (Å²) < 4.78 is 29.1. The number of nitrogens with zero attached hydrogens (tertiary/aromatic N) is 2.